The van der Waals surface area contributed by atoms with Crippen molar-refractivity contribution in [2.24, 2.45) is 12.8 Å². The predicted octanol–water partition coefficient (Wildman–Crippen LogP) is 4.42. The van der Waals surface area contributed by atoms with Gasteiger partial charge in [-0.05, 0) is 30.9 Å². The topological polar surface area (TPSA) is 56.7 Å². The van der Waals surface area contributed by atoms with Crippen molar-refractivity contribution in [3.63, 3.8) is 0 Å². The third kappa shape index (κ3) is 3.94. The number of hydrogen-bond donors (Lipinski definition) is 1. The number of aromatic nitrogens is 3. The van der Waals surface area contributed by atoms with Gasteiger partial charge in [0.2, 0.25) is 0 Å². The Morgan fingerprint density at radius 3 is 2.75 bits per heavy atom. The van der Waals surface area contributed by atoms with Gasteiger partial charge < -0.3 is 5.73 Å². The molecule has 3 aromatic rings. The zero-order valence-electron chi connectivity index (χ0n) is 14.0. The molecule has 2 N–H and O–H groups in total. The van der Waals surface area contributed by atoms with Crippen molar-refractivity contribution in [2.45, 2.75) is 38.1 Å². The molecule has 4 nitrogen and oxygen atoms in total. The third-order valence-corrected chi connectivity index (χ3v) is 4.61. The Hall–Kier alpha value is -1.91. The number of nitrogens with two attached hydrogens (primary N) is 1. The Kier molecular flexibility index (Phi) is 5.48. The van der Waals surface area contributed by atoms with Crippen molar-refractivity contribution in [1.82, 2.24) is 14.8 Å². The average Bonchev–Trinajstić information content (AvgIpc) is 2.96. The van der Waals surface area contributed by atoms with Crippen LogP contribution in [-0.2, 0) is 13.5 Å². The Labute approximate surface area is 147 Å². The van der Waals surface area contributed by atoms with E-state index in [4.69, 9.17) is 17.3 Å². The zero-order valence-corrected chi connectivity index (χ0v) is 14.7. The molecule has 0 radical (unpaired) electrons. The fourth-order valence-electron chi connectivity index (χ4n) is 3.13. The van der Waals surface area contributed by atoms with Crippen LogP contribution in [0.1, 0.15) is 43.0 Å². The normalized spacial score (nSPS) is 12.6. The number of hydrogen-bond acceptors (Lipinski definition) is 3. The van der Waals surface area contributed by atoms with Crippen LogP contribution < -0.4 is 5.73 Å². The lowest BCUT2D eigenvalue weighted by atomic mass is 10.0. The minimum absolute atomic E-state index is 0.124. The quantitative estimate of drug-likeness (QED) is 0.510. The molecule has 0 amide bonds. The standard InChI is InChI=1S/C19H23ClN4/c1-24-19-15(13-22-24)12-18(20)23-17(19)11-7-3-6-10-16(21)14-8-4-2-5-9-14/h2,4-5,8-9,12-13,16H,3,6-7,10-11,21H2,1H3/t16-/m1/s1. The summed E-state index contributed by atoms with van der Waals surface area (Å²) in [5, 5.41) is 5.89. The number of halogens is 1. The Morgan fingerprint density at radius 1 is 1.17 bits per heavy atom. The fraction of sp³-hybridized carbons (Fsp3) is 0.368. The van der Waals surface area contributed by atoms with Gasteiger partial charge in [0.1, 0.15) is 5.15 Å². The molecular formula is C19H23ClN4. The number of unbranched alkanes of at least 4 members (excludes halogenated alkanes) is 2. The molecule has 2 aromatic heterocycles. The highest BCUT2D eigenvalue weighted by Crippen LogP contribution is 2.23. The van der Waals surface area contributed by atoms with Gasteiger partial charge in [0.25, 0.3) is 0 Å². The maximum absolute atomic E-state index is 6.25. The fourth-order valence-corrected chi connectivity index (χ4v) is 3.35. The van der Waals surface area contributed by atoms with Crippen LogP contribution in [0, 0.1) is 0 Å². The molecule has 0 aliphatic rings. The largest absolute Gasteiger partial charge is 0.324 e. The van der Waals surface area contributed by atoms with Gasteiger partial charge in [-0.3, -0.25) is 4.68 Å². The summed E-state index contributed by atoms with van der Waals surface area (Å²) in [4.78, 5) is 4.49. The Bertz CT molecular complexity index is 798. The molecule has 3 rings (SSSR count). The molecule has 0 spiro atoms. The number of rotatable bonds is 7. The second kappa shape index (κ2) is 7.77. The predicted molar refractivity (Wildman–Crippen MR) is 99.1 cm³/mol. The molecule has 0 saturated carbocycles. The lowest BCUT2D eigenvalue weighted by Crippen LogP contribution is -2.09. The molecule has 2 heterocycles. The van der Waals surface area contributed by atoms with Crippen LogP contribution in [0.25, 0.3) is 10.9 Å². The molecule has 0 aliphatic carbocycles. The van der Waals surface area contributed by atoms with E-state index in [0.717, 1.165) is 48.7 Å². The third-order valence-electron chi connectivity index (χ3n) is 4.41. The second-order valence-corrected chi connectivity index (χ2v) is 6.60. The minimum Gasteiger partial charge on any atom is -0.324 e. The van der Waals surface area contributed by atoms with E-state index in [0.29, 0.717) is 5.15 Å². The number of nitrogens with zero attached hydrogens (tertiary/aromatic N) is 3. The van der Waals surface area contributed by atoms with E-state index in [1.807, 2.05) is 42.2 Å². The summed E-state index contributed by atoms with van der Waals surface area (Å²) in [6.45, 7) is 0. The van der Waals surface area contributed by atoms with E-state index in [-0.39, 0.29) is 6.04 Å². The molecular weight excluding hydrogens is 320 g/mol. The summed E-state index contributed by atoms with van der Waals surface area (Å²) in [7, 11) is 1.94. The first-order valence-corrected chi connectivity index (χ1v) is 8.80. The van der Waals surface area contributed by atoms with Crippen LogP contribution in [0.5, 0.6) is 0 Å². The summed E-state index contributed by atoms with van der Waals surface area (Å²) < 4.78 is 1.87. The molecule has 0 bridgehead atoms. The molecule has 126 valence electrons. The van der Waals surface area contributed by atoms with Crippen LogP contribution in [0.4, 0.5) is 0 Å². The summed E-state index contributed by atoms with van der Waals surface area (Å²) in [5.74, 6) is 0. The van der Waals surface area contributed by atoms with E-state index in [9.17, 15) is 0 Å². The van der Waals surface area contributed by atoms with Gasteiger partial charge >= 0.3 is 0 Å². The average molecular weight is 343 g/mol. The van der Waals surface area contributed by atoms with Crippen LogP contribution in [0.15, 0.2) is 42.6 Å². The van der Waals surface area contributed by atoms with Gasteiger partial charge in [0.15, 0.2) is 0 Å². The van der Waals surface area contributed by atoms with E-state index in [2.05, 4.69) is 22.2 Å². The Balaban J connectivity index is 1.51. The molecule has 24 heavy (non-hydrogen) atoms. The highest BCUT2D eigenvalue weighted by molar-refractivity contribution is 6.30. The molecule has 5 heteroatoms. The van der Waals surface area contributed by atoms with Crippen LogP contribution in [-0.4, -0.2) is 14.8 Å². The van der Waals surface area contributed by atoms with Gasteiger partial charge in [-0.2, -0.15) is 5.10 Å². The van der Waals surface area contributed by atoms with Crippen molar-refractivity contribution in [2.75, 3.05) is 0 Å². The van der Waals surface area contributed by atoms with Crippen molar-refractivity contribution < 1.29 is 0 Å². The smallest absolute Gasteiger partial charge is 0.130 e. The molecule has 1 atom stereocenters. The van der Waals surface area contributed by atoms with Gasteiger partial charge in [-0.1, -0.05) is 54.8 Å². The Morgan fingerprint density at radius 2 is 1.96 bits per heavy atom. The molecule has 0 fully saturated rings. The van der Waals surface area contributed by atoms with Crippen LogP contribution >= 0.6 is 11.6 Å². The van der Waals surface area contributed by atoms with Gasteiger partial charge in [0.05, 0.1) is 17.4 Å². The molecule has 0 aliphatic heterocycles. The summed E-state index contributed by atoms with van der Waals surface area (Å²) in [6.07, 6.45) is 7.09. The highest BCUT2D eigenvalue weighted by atomic mass is 35.5. The van der Waals surface area contributed by atoms with Crippen LogP contribution in [0.2, 0.25) is 5.15 Å². The number of fused-ring (bicyclic) bond motifs is 1. The van der Waals surface area contributed by atoms with E-state index < -0.39 is 0 Å². The number of benzene rings is 1. The van der Waals surface area contributed by atoms with E-state index in [1.54, 1.807) is 0 Å². The van der Waals surface area contributed by atoms with E-state index >= 15 is 0 Å². The van der Waals surface area contributed by atoms with E-state index in [1.165, 1.54) is 5.56 Å². The van der Waals surface area contributed by atoms with Crippen molar-refractivity contribution in [3.05, 3.63) is 59.0 Å². The highest BCUT2D eigenvalue weighted by Gasteiger charge is 2.10. The zero-order chi connectivity index (χ0) is 16.9. The van der Waals surface area contributed by atoms with Crippen molar-refractivity contribution in [3.8, 4) is 0 Å². The molecule has 0 unspecified atom stereocenters. The summed E-state index contributed by atoms with van der Waals surface area (Å²) in [5.41, 5.74) is 9.58. The van der Waals surface area contributed by atoms with Gasteiger partial charge in [-0.25, -0.2) is 4.98 Å². The SMILES string of the molecule is Cn1ncc2cc(Cl)nc(CCCCC[C@@H](N)c3ccccc3)c21. The monoisotopic (exact) mass is 342 g/mol. The lowest BCUT2D eigenvalue weighted by molar-refractivity contribution is 0.568. The number of pyridine rings is 1. The first kappa shape index (κ1) is 16.9. The summed E-state index contributed by atoms with van der Waals surface area (Å²) in [6, 6.07) is 12.3. The van der Waals surface area contributed by atoms with Gasteiger partial charge in [0, 0.05) is 18.5 Å². The lowest BCUT2D eigenvalue weighted by Gasteiger charge is -2.11. The summed E-state index contributed by atoms with van der Waals surface area (Å²) >= 11 is 6.12. The van der Waals surface area contributed by atoms with Crippen molar-refractivity contribution in [1.29, 1.82) is 0 Å². The first-order chi connectivity index (χ1) is 11.6. The molecule has 1 aromatic carbocycles. The van der Waals surface area contributed by atoms with Crippen molar-refractivity contribution >= 4 is 22.5 Å². The number of aryl methyl sites for hydroxylation is 2. The maximum atomic E-state index is 6.25. The van der Waals surface area contributed by atoms with Crippen LogP contribution in [0.3, 0.4) is 0 Å². The first-order valence-electron chi connectivity index (χ1n) is 8.43. The second-order valence-electron chi connectivity index (χ2n) is 6.21. The minimum atomic E-state index is 0.124. The maximum Gasteiger partial charge on any atom is 0.130 e. The molecule has 0 saturated heterocycles. The van der Waals surface area contributed by atoms with Gasteiger partial charge in [-0.15, -0.1) is 0 Å².